The third-order valence-corrected chi connectivity index (χ3v) is 4.21. The van der Waals surface area contributed by atoms with E-state index in [0.29, 0.717) is 13.1 Å². The Kier molecular flexibility index (Phi) is 8.91. The third kappa shape index (κ3) is 6.33. The Hall–Kier alpha value is -1.37. The molecule has 0 radical (unpaired) electrons. The minimum atomic E-state index is -0.347. The molecule has 6 nitrogen and oxygen atoms in total. The number of aromatic hydroxyl groups is 1. The van der Waals surface area contributed by atoms with E-state index in [-0.39, 0.29) is 17.8 Å². The normalized spacial score (nSPS) is 11.6. The summed E-state index contributed by atoms with van der Waals surface area (Å²) in [4.78, 5) is 16.2. The van der Waals surface area contributed by atoms with E-state index in [1.807, 2.05) is 11.5 Å². The minimum Gasteiger partial charge on any atom is -0.503 e. The maximum Gasteiger partial charge on any atom is 0.223 e. The Balaban J connectivity index is 2.83. The van der Waals surface area contributed by atoms with Gasteiger partial charge in [-0.25, -0.2) is 0 Å². The molecule has 2 N–H and O–H groups in total. The van der Waals surface area contributed by atoms with Gasteiger partial charge in [0.25, 0.3) is 0 Å². The molecule has 0 atom stereocenters. The van der Waals surface area contributed by atoms with E-state index in [0.717, 1.165) is 44.8 Å². The van der Waals surface area contributed by atoms with Gasteiger partial charge in [-0.15, -0.1) is 0 Å². The van der Waals surface area contributed by atoms with Crippen LogP contribution in [0.4, 0.5) is 0 Å². The number of likely N-dealkylation sites (N-methyl/N-ethyl adjacent to an activating group) is 1. The molecule has 0 unspecified atom stereocenters. The maximum atomic E-state index is 11.8. The summed E-state index contributed by atoms with van der Waals surface area (Å²) in [6.45, 7) is 12.2. The first-order valence-electron chi connectivity index (χ1n) is 8.53. The highest BCUT2D eigenvalue weighted by atomic mass is 16.3. The lowest BCUT2D eigenvalue weighted by Crippen LogP contribution is -2.29. The van der Waals surface area contributed by atoms with Gasteiger partial charge in [-0.2, -0.15) is 0 Å². The first-order chi connectivity index (χ1) is 11.0. The van der Waals surface area contributed by atoms with Crippen molar-refractivity contribution in [1.82, 2.24) is 14.4 Å². The smallest absolute Gasteiger partial charge is 0.223 e. The SMILES string of the molecule is CCN(CC)CCCn1cc(O)c(=O)cc1CN(CC)CCO. The number of aromatic nitrogens is 1. The molecule has 0 aliphatic carbocycles. The van der Waals surface area contributed by atoms with Gasteiger partial charge >= 0.3 is 0 Å². The molecule has 0 aromatic carbocycles. The van der Waals surface area contributed by atoms with Crippen molar-refractivity contribution in [3.8, 4) is 5.75 Å². The standard InChI is InChI=1S/C17H31N3O3/c1-4-18(5-2)8-7-9-20-14-17(23)16(22)12-15(20)13-19(6-3)10-11-21/h12,14,21,23H,4-11,13H2,1-3H3. The van der Waals surface area contributed by atoms with Crippen LogP contribution in [0.25, 0.3) is 0 Å². The average molecular weight is 325 g/mol. The molecule has 1 rings (SSSR count). The lowest BCUT2D eigenvalue weighted by atomic mass is 10.2. The Labute approximate surface area is 139 Å². The molecule has 0 aliphatic heterocycles. The number of hydrogen-bond acceptors (Lipinski definition) is 5. The Morgan fingerprint density at radius 2 is 1.74 bits per heavy atom. The number of aliphatic hydroxyl groups is 1. The number of aryl methyl sites for hydroxylation is 1. The Morgan fingerprint density at radius 1 is 1.09 bits per heavy atom. The van der Waals surface area contributed by atoms with Crippen LogP contribution in [0.1, 0.15) is 32.9 Å². The van der Waals surface area contributed by atoms with Crippen LogP contribution in [0.5, 0.6) is 5.75 Å². The van der Waals surface area contributed by atoms with Crippen molar-refractivity contribution >= 4 is 0 Å². The van der Waals surface area contributed by atoms with Crippen molar-refractivity contribution in [3.05, 3.63) is 28.2 Å². The van der Waals surface area contributed by atoms with Gasteiger partial charge in [-0.1, -0.05) is 20.8 Å². The minimum absolute atomic E-state index is 0.0954. The zero-order valence-electron chi connectivity index (χ0n) is 14.7. The molecular formula is C17H31N3O3. The summed E-state index contributed by atoms with van der Waals surface area (Å²) < 4.78 is 1.96. The van der Waals surface area contributed by atoms with Gasteiger partial charge in [-0.05, 0) is 32.6 Å². The number of nitrogens with zero attached hydrogens (tertiary/aromatic N) is 3. The monoisotopic (exact) mass is 325 g/mol. The van der Waals surface area contributed by atoms with E-state index in [4.69, 9.17) is 5.11 Å². The Bertz CT molecular complexity index is 512. The molecule has 0 bridgehead atoms. The van der Waals surface area contributed by atoms with Crippen LogP contribution in [0, 0.1) is 0 Å². The second-order valence-electron chi connectivity index (χ2n) is 5.68. The number of hydrogen-bond donors (Lipinski definition) is 2. The fourth-order valence-corrected chi connectivity index (χ4v) is 2.67. The van der Waals surface area contributed by atoms with E-state index in [1.54, 1.807) is 0 Å². The molecule has 0 fully saturated rings. The summed E-state index contributed by atoms with van der Waals surface area (Å²) >= 11 is 0. The lowest BCUT2D eigenvalue weighted by Gasteiger charge is -2.23. The molecule has 0 aliphatic rings. The predicted molar refractivity (Wildman–Crippen MR) is 92.8 cm³/mol. The van der Waals surface area contributed by atoms with E-state index in [1.165, 1.54) is 12.3 Å². The van der Waals surface area contributed by atoms with Gasteiger partial charge in [0, 0.05) is 31.4 Å². The van der Waals surface area contributed by atoms with Crippen molar-refractivity contribution < 1.29 is 10.2 Å². The molecule has 0 amide bonds. The van der Waals surface area contributed by atoms with Gasteiger partial charge in [0.05, 0.1) is 12.8 Å². The molecule has 0 saturated heterocycles. The topological polar surface area (TPSA) is 68.9 Å². The van der Waals surface area contributed by atoms with Crippen LogP contribution in [-0.4, -0.2) is 63.9 Å². The zero-order valence-corrected chi connectivity index (χ0v) is 14.7. The molecule has 1 aromatic rings. The van der Waals surface area contributed by atoms with Crippen molar-refractivity contribution in [2.45, 2.75) is 40.3 Å². The van der Waals surface area contributed by atoms with Crippen LogP contribution in [-0.2, 0) is 13.1 Å². The number of aliphatic hydroxyl groups excluding tert-OH is 1. The van der Waals surface area contributed by atoms with Crippen LogP contribution < -0.4 is 5.43 Å². The summed E-state index contributed by atoms with van der Waals surface area (Å²) in [5, 5.41) is 18.8. The largest absolute Gasteiger partial charge is 0.503 e. The van der Waals surface area contributed by atoms with Gasteiger partial charge in [0.15, 0.2) is 5.75 Å². The highest BCUT2D eigenvalue weighted by Crippen LogP contribution is 2.09. The molecular weight excluding hydrogens is 294 g/mol. The van der Waals surface area contributed by atoms with E-state index in [2.05, 4.69) is 23.6 Å². The van der Waals surface area contributed by atoms with Gasteiger partial charge < -0.3 is 19.7 Å². The molecule has 23 heavy (non-hydrogen) atoms. The van der Waals surface area contributed by atoms with Crippen LogP contribution in [0.15, 0.2) is 17.1 Å². The fraction of sp³-hybridized carbons (Fsp3) is 0.706. The van der Waals surface area contributed by atoms with Crippen molar-refractivity contribution in [2.24, 2.45) is 0 Å². The summed E-state index contributed by atoms with van der Waals surface area (Å²) in [5.41, 5.74) is 0.530. The highest BCUT2D eigenvalue weighted by Gasteiger charge is 2.10. The van der Waals surface area contributed by atoms with Crippen molar-refractivity contribution in [3.63, 3.8) is 0 Å². The second kappa shape index (κ2) is 10.4. The molecule has 0 saturated carbocycles. The lowest BCUT2D eigenvalue weighted by molar-refractivity contribution is 0.193. The van der Waals surface area contributed by atoms with E-state index in [9.17, 15) is 9.90 Å². The molecule has 0 spiro atoms. The number of rotatable bonds is 11. The molecule has 1 aromatic heterocycles. The first kappa shape index (κ1) is 19.7. The van der Waals surface area contributed by atoms with Crippen molar-refractivity contribution in [1.29, 1.82) is 0 Å². The summed E-state index contributed by atoms with van der Waals surface area (Å²) in [6.07, 6.45) is 2.50. The molecule has 132 valence electrons. The van der Waals surface area contributed by atoms with E-state index >= 15 is 0 Å². The van der Waals surface area contributed by atoms with E-state index < -0.39 is 0 Å². The molecule has 1 heterocycles. The van der Waals surface area contributed by atoms with Gasteiger partial charge in [-0.3, -0.25) is 9.69 Å². The second-order valence-corrected chi connectivity index (χ2v) is 5.68. The Morgan fingerprint density at radius 3 is 2.30 bits per heavy atom. The first-order valence-corrected chi connectivity index (χ1v) is 8.53. The van der Waals surface area contributed by atoms with Crippen molar-refractivity contribution in [2.75, 3.05) is 39.3 Å². The van der Waals surface area contributed by atoms with Gasteiger partial charge in [0.2, 0.25) is 5.43 Å². The average Bonchev–Trinajstić information content (AvgIpc) is 2.55. The third-order valence-electron chi connectivity index (χ3n) is 4.21. The van der Waals surface area contributed by atoms with Crippen LogP contribution in [0.2, 0.25) is 0 Å². The van der Waals surface area contributed by atoms with Crippen LogP contribution >= 0.6 is 0 Å². The predicted octanol–water partition coefficient (Wildman–Crippen LogP) is 1.10. The fourth-order valence-electron chi connectivity index (χ4n) is 2.67. The molecule has 6 heteroatoms. The summed E-state index contributed by atoms with van der Waals surface area (Å²) in [5.74, 6) is -0.207. The van der Waals surface area contributed by atoms with Gasteiger partial charge in [0.1, 0.15) is 0 Å². The maximum absolute atomic E-state index is 11.8. The van der Waals surface area contributed by atoms with Crippen LogP contribution in [0.3, 0.4) is 0 Å². The summed E-state index contributed by atoms with van der Waals surface area (Å²) in [7, 11) is 0. The highest BCUT2D eigenvalue weighted by molar-refractivity contribution is 5.20. The quantitative estimate of drug-likeness (QED) is 0.638. The number of pyridine rings is 1. The summed E-state index contributed by atoms with van der Waals surface area (Å²) in [6, 6.07) is 1.51. The zero-order chi connectivity index (χ0) is 17.2.